The first kappa shape index (κ1) is 14.5. The Hall–Kier alpha value is -1.86. The smallest absolute Gasteiger partial charge is 0.285 e. The van der Waals surface area contributed by atoms with Crippen LogP contribution >= 0.6 is 27.5 Å². The molecule has 3 N–H and O–H groups in total. The summed E-state index contributed by atoms with van der Waals surface area (Å²) < 4.78 is 0.815. The summed E-state index contributed by atoms with van der Waals surface area (Å²) in [6.45, 7) is 1.71. The molecule has 8 heteroatoms. The molecule has 2 aromatic rings. The highest BCUT2D eigenvalue weighted by Gasteiger charge is 2.07. The Morgan fingerprint density at radius 3 is 3.05 bits per heavy atom. The molecule has 1 aromatic carbocycles. The Balaban J connectivity index is 2.29. The lowest BCUT2D eigenvalue weighted by molar-refractivity contribution is 0.474. The minimum Gasteiger partial charge on any atom is -0.507 e. The number of halogens is 2. The fourth-order valence-electron chi connectivity index (χ4n) is 1.46. The van der Waals surface area contributed by atoms with Crippen molar-refractivity contribution >= 4 is 38.9 Å². The lowest BCUT2D eigenvalue weighted by Crippen LogP contribution is -2.10. The second-order valence-electron chi connectivity index (χ2n) is 3.90. The van der Waals surface area contributed by atoms with Crippen LogP contribution in [0, 0.1) is 0 Å². The van der Waals surface area contributed by atoms with E-state index in [2.05, 4.69) is 36.7 Å². The molecule has 0 radical (unpaired) electrons. The Morgan fingerprint density at radius 1 is 1.55 bits per heavy atom. The fourth-order valence-corrected chi connectivity index (χ4v) is 1.96. The summed E-state index contributed by atoms with van der Waals surface area (Å²) in [7, 11) is 0. The van der Waals surface area contributed by atoms with Crippen LogP contribution < -0.4 is 11.0 Å². The van der Waals surface area contributed by atoms with Crippen molar-refractivity contribution < 1.29 is 5.11 Å². The molecule has 0 fully saturated rings. The maximum atomic E-state index is 11.3. The van der Waals surface area contributed by atoms with Gasteiger partial charge in [0.2, 0.25) is 0 Å². The average molecular weight is 358 g/mol. The average Bonchev–Trinajstić information content (AvgIpc) is 2.43. The van der Waals surface area contributed by atoms with Gasteiger partial charge in [0.15, 0.2) is 0 Å². The largest absolute Gasteiger partial charge is 0.507 e. The highest BCUT2D eigenvalue weighted by molar-refractivity contribution is 9.10. The van der Waals surface area contributed by atoms with Crippen molar-refractivity contribution in [3.63, 3.8) is 0 Å². The molecule has 0 aliphatic heterocycles. The van der Waals surface area contributed by atoms with Gasteiger partial charge >= 0.3 is 0 Å². The molecule has 0 spiro atoms. The summed E-state index contributed by atoms with van der Waals surface area (Å²) in [5.74, 6) is 0.103. The van der Waals surface area contributed by atoms with Gasteiger partial charge in [-0.3, -0.25) is 10.2 Å². The van der Waals surface area contributed by atoms with Crippen molar-refractivity contribution in [3.05, 3.63) is 49.8 Å². The Bertz CT molecular complexity index is 730. The van der Waals surface area contributed by atoms with E-state index in [1.807, 2.05) is 0 Å². The van der Waals surface area contributed by atoms with Gasteiger partial charge < -0.3 is 5.11 Å². The van der Waals surface area contributed by atoms with Gasteiger partial charge in [0.05, 0.1) is 11.9 Å². The van der Waals surface area contributed by atoms with Crippen molar-refractivity contribution in [2.24, 2.45) is 5.10 Å². The molecule has 20 heavy (non-hydrogen) atoms. The number of phenols is 1. The lowest BCUT2D eigenvalue weighted by atomic mass is 10.1. The molecule has 104 valence electrons. The van der Waals surface area contributed by atoms with Gasteiger partial charge in [-0.2, -0.15) is 10.2 Å². The number of rotatable bonds is 3. The van der Waals surface area contributed by atoms with Gasteiger partial charge in [-0.1, -0.05) is 27.5 Å². The lowest BCUT2D eigenvalue weighted by Gasteiger charge is -2.06. The van der Waals surface area contributed by atoms with Gasteiger partial charge in [0.1, 0.15) is 16.5 Å². The summed E-state index contributed by atoms with van der Waals surface area (Å²) in [4.78, 5) is 11.3. The zero-order valence-electron chi connectivity index (χ0n) is 10.3. The summed E-state index contributed by atoms with van der Waals surface area (Å²) in [6.07, 6.45) is 1.35. The van der Waals surface area contributed by atoms with Crippen LogP contribution in [0.15, 0.2) is 38.8 Å². The van der Waals surface area contributed by atoms with Gasteiger partial charge in [-0.15, -0.1) is 0 Å². The van der Waals surface area contributed by atoms with E-state index in [-0.39, 0.29) is 16.5 Å². The Kier molecular flexibility index (Phi) is 4.41. The van der Waals surface area contributed by atoms with Crippen LogP contribution in [0.4, 0.5) is 5.69 Å². The zero-order chi connectivity index (χ0) is 14.7. The maximum Gasteiger partial charge on any atom is 0.285 e. The van der Waals surface area contributed by atoms with E-state index < -0.39 is 5.56 Å². The number of hydrogen-bond acceptors (Lipinski definition) is 5. The normalized spacial score (nSPS) is 11.4. The van der Waals surface area contributed by atoms with E-state index in [1.54, 1.807) is 25.1 Å². The number of H-pyrrole nitrogens is 1. The zero-order valence-corrected chi connectivity index (χ0v) is 12.7. The molecule has 6 nitrogen and oxygen atoms in total. The summed E-state index contributed by atoms with van der Waals surface area (Å²) in [6, 6.07) is 5.00. The van der Waals surface area contributed by atoms with Crippen molar-refractivity contribution in [2.75, 3.05) is 5.43 Å². The van der Waals surface area contributed by atoms with E-state index in [4.69, 9.17) is 11.6 Å². The molecule has 0 atom stereocenters. The number of aromatic amines is 1. The van der Waals surface area contributed by atoms with Crippen molar-refractivity contribution in [1.29, 1.82) is 0 Å². The van der Waals surface area contributed by atoms with E-state index in [1.165, 1.54) is 6.20 Å². The van der Waals surface area contributed by atoms with E-state index in [0.717, 1.165) is 4.47 Å². The molecular weight excluding hydrogens is 348 g/mol. The monoisotopic (exact) mass is 356 g/mol. The van der Waals surface area contributed by atoms with Crippen LogP contribution in [-0.2, 0) is 0 Å². The molecule has 1 heterocycles. The summed E-state index contributed by atoms with van der Waals surface area (Å²) >= 11 is 9.13. The predicted octanol–water partition coefficient (Wildman–Crippen LogP) is 2.73. The summed E-state index contributed by atoms with van der Waals surface area (Å²) in [5.41, 5.74) is 3.51. The van der Waals surface area contributed by atoms with Gasteiger partial charge in [0, 0.05) is 10.0 Å². The first-order valence-corrected chi connectivity index (χ1v) is 6.68. The minimum absolute atomic E-state index is 0.0324. The van der Waals surface area contributed by atoms with Crippen LogP contribution in [0.25, 0.3) is 0 Å². The molecule has 0 amide bonds. The number of benzene rings is 1. The van der Waals surface area contributed by atoms with Gasteiger partial charge in [0.25, 0.3) is 5.56 Å². The third kappa shape index (κ3) is 3.17. The Labute approximate surface area is 127 Å². The van der Waals surface area contributed by atoms with Gasteiger partial charge in [-0.05, 0) is 25.1 Å². The number of aromatic hydroxyl groups is 1. The highest BCUT2D eigenvalue weighted by atomic mass is 79.9. The second-order valence-corrected chi connectivity index (χ2v) is 5.19. The van der Waals surface area contributed by atoms with E-state index >= 15 is 0 Å². The third-order valence-corrected chi connectivity index (χ3v) is 3.36. The van der Waals surface area contributed by atoms with Gasteiger partial charge in [-0.25, -0.2) is 5.10 Å². The van der Waals surface area contributed by atoms with Crippen LogP contribution in [0.3, 0.4) is 0 Å². The number of hydrogen-bond donors (Lipinski definition) is 3. The standard InChI is InChI=1S/C12H10BrClN4O2/c1-6(8-4-7(13)2-3-10(8)19)16-17-9-5-15-18-12(20)11(9)14/h2-5,19H,1H3,(H2,17,18,20). The van der Waals surface area contributed by atoms with E-state index in [0.29, 0.717) is 11.3 Å². The van der Waals surface area contributed by atoms with Crippen molar-refractivity contribution in [2.45, 2.75) is 6.92 Å². The fraction of sp³-hybridized carbons (Fsp3) is 0.0833. The second kappa shape index (κ2) is 6.06. The van der Waals surface area contributed by atoms with Crippen LogP contribution in [0.1, 0.15) is 12.5 Å². The molecule has 1 aromatic heterocycles. The number of aromatic nitrogens is 2. The van der Waals surface area contributed by atoms with Crippen molar-refractivity contribution in [1.82, 2.24) is 10.2 Å². The highest BCUT2D eigenvalue weighted by Crippen LogP contribution is 2.23. The number of phenolic OH excluding ortho intramolecular Hbond substituents is 1. The van der Waals surface area contributed by atoms with Crippen LogP contribution in [0.2, 0.25) is 5.02 Å². The molecule has 0 saturated carbocycles. The number of anilines is 1. The SMILES string of the molecule is CC(=NNc1cn[nH]c(=O)c1Cl)c1cc(Br)ccc1O. The topological polar surface area (TPSA) is 90.4 Å². The molecule has 0 aliphatic carbocycles. The Morgan fingerprint density at radius 2 is 2.30 bits per heavy atom. The number of nitrogens with one attached hydrogen (secondary N) is 2. The van der Waals surface area contributed by atoms with Crippen LogP contribution in [0.5, 0.6) is 5.75 Å². The first-order chi connectivity index (χ1) is 9.49. The maximum absolute atomic E-state index is 11.3. The molecule has 2 rings (SSSR count). The number of nitrogens with zero attached hydrogens (tertiary/aromatic N) is 2. The quantitative estimate of drug-likeness (QED) is 0.582. The predicted molar refractivity (Wildman–Crippen MR) is 81.5 cm³/mol. The minimum atomic E-state index is -0.505. The third-order valence-electron chi connectivity index (χ3n) is 2.49. The molecule has 0 saturated heterocycles. The first-order valence-electron chi connectivity index (χ1n) is 5.51. The van der Waals surface area contributed by atoms with E-state index in [9.17, 15) is 9.90 Å². The molecule has 0 aliphatic rings. The van der Waals surface area contributed by atoms with Crippen molar-refractivity contribution in [3.8, 4) is 5.75 Å². The molecule has 0 unspecified atom stereocenters. The van der Waals surface area contributed by atoms with Crippen LogP contribution in [-0.4, -0.2) is 21.0 Å². The molecular formula is C12H10BrClN4O2. The molecule has 0 bridgehead atoms. The number of hydrazone groups is 1. The summed E-state index contributed by atoms with van der Waals surface area (Å²) in [5, 5.41) is 19.6.